The van der Waals surface area contributed by atoms with Crippen LogP contribution in [0.1, 0.15) is 35.6 Å². The van der Waals surface area contributed by atoms with Crippen molar-refractivity contribution in [1.82, 2.24) is 9.88 Å². The first-order valence-corrected chi connectivity index (χ1v) is 12.9. The third-order valence-corrected chi connectivity index (χ3v) is 6.75. The number of amidine groups is 1. The predicted octanol–water partition coefficient (Wildman–Crippen LogP) is 5.92. The van der Waals surface area contributed by atoms with E-state index < -0.39 is 0 Å². The number of hydrogen-bond acceptors (Lipinski definition) is 6. The van der Waals surface area contributed by atoms with Gasteiger partial charge in [0.05, 0.1) is 11.3 Å². The topological polar surface area (TPSA) is 128 Å². The second-order valence-corrected chi connectivity index (χ2v) is 9.54. The number of aromatic nitrogens is 1. The molecule has 3 aromatic carbocycles. The summed E-state index contributed by atoms with van der Waals surface area (Å²) in [5.41, 5.74) is 16.1. The van der Waals surface area contributed by atoms with Crippen LogP contribution >= 0.6 is 0 Å². The molecule has 4 aromatic rings. The smallest absolute Gasteiger partial charge is 0.410 e. The van der Waals surface area contributed by atoms with E-state index in [1.165, 1.54) is 0 Å². The second-order valence-electron chi connectivity index (χ2n) is 9.54. The minimum absolute atomic E-state index is 0.0224. The maximum atomic E-state index is 12.8. The quantitative estimate of drug-likeness (QED) is 0.204. The van der Waals surface area contributed by atoms with Crippen molar-refractivity contribution in [3.8, 4) is 22.8 Å². The number of nitrogens with two attached hydrogens (primary N) is 2. The van der Waals surface area contributed by atoms with Crippen molar-refractivity contribution >= 4 is 17.6 Å². The van der Waals surface area contributed by atoms with Gasteiger partial charge in [-0.1, -0.05) is 48.5 Å². The Bertz CT molecular complexity index is 1440. The fourth-order valence-electron chi connectivity index (χ4n) is 4.79. The van der Waals surface area contributed by atoms with E-state index in [-0.39, 0.29) is 24.5 Å². The van der Waals surface area contributed by atoms with Gasteiger partial charge in [0.2, 0.25) is 0 Å². The molecule has 39 heavy (non-hydrogen) atoms. The molecule has 1 unspecified atom stereocenters. The second kappa shape index (κ2) is 11.7. The number of rotatable bonds is 7. The zero-order chi connectivity index (χ0) is 27.2. The highest BCUT2D eigenvalue weighted by Gasteiger charge is 2.28. The molecule has 1 aliphatic heterocycles. The van der Waals surface area contributed by atoms with Crippen LogP contribution in [-0.4, -0.2) is 34.9 Å². The number of hydrogen-bond donors (Lipinski definition) is 3. The number of anilines is 1. The average Bonchev–Trinajstić information content (AvgIpc) is 2.97. The summed E-state index contributed by atoms with van der Waals surface area (Å²) in [5.74, 6) is 1.24. The number of nitrogens with one attached hydrogen (secondary N) is 1. The van der Waals surface area contributed by atoms with E-state index in [0.717, 1.165) is 35.4 Å². The SMILES string of the molecule is N=C(N)c1c(N)cc(C2CCCN(C(=O)OCc3ccccc3)C2)nc1-c1ccc(Oc2ccccc2)cc1. The number of carbonyl (C=O) groups excluding carboxylic acids is 1. The number of ether oxygens (including phenoxy) is 2. The molecule has 1 aromatic heterocycles. The van der Waals surface area contributed by atoms with Crippen molar-refractivity contribution in [2.45, 2.75) is 25.4 Å². The standard InChI is InChI=1S/C31H31N5O3/c32-26-18-27(23-10-7-17-36(19-23)31(37)38-20-21-8-3-1-4-9-21)35-29(28(26)30(33)34)22-13-15-25(16-14-22)39-24-11-5-2-6-12-24/h1-6,8-9,11-16,18,23H,7,10,17,19-20H2,(H2,32,35)(H3,33,34). The maximum Gasteiger partial charge on any atom is 0.410 e. The number of benzene rings is 3. The summed E-state index contributed by atoms with van der Waals surface area (Å²) in [7, 11) is 0. The van der Waals surface area contributed by atoms with Crippen LogP contribution in [0.15, 0.2) is 91.0 Å². The van der Waals surface area contributed by atoms with Gasteiger partial charge in [-0.25, -0.2) is 4.79 Å². The summed E-state index contributed by atoms with van der Waals surface area (Å²) >= 11 is 0. The number of amides is 1. The summed E-state index contributed by atoms with van der Waals surface area (Å²) in [6, 6.07) is 28.4. The molecule has 1 fully saturated rings. The highest BCUT2D eigenvalue weighted by molar-refractivity contribution is 6.05. The lowest BCUT2D eigenvalue weighted by atomic mass is 9.92. The van der Waals surface area contributed by atoms with Gasteiger partial charge in [0, 0.05) is 36.0 Å². The van der Waals surface area contributed by atoms with Crippen LogP contribution in [0.3, 0.4) is 0 Å². The Kier molecular flexibility index (Phi) is 7.73. The van der Waals surface area contributed by atoms with Crippen molar-refractivity contribution in [3.05, 3.63) is 108 Å². The van der Waals surface area contributed by atoms with Crippen LogP contribution in [0.4, 0.5) is 10.5 Å². The van der Waals surface area contributed by atoms with Gasteiger partial charge < -0.3 is 25.8 Å². The average molecular weight is 522 g/mol. The first-order valence-electron chi connectivity index (χ1n) is 12.9. The number of nitrogen functional groups attached to an aromatic ring is 2. The van der Waals surface area contributed by atoms with E-state index in [9.17, 15) is 4.79 Å². The van der Waals surface area contributed by atoms with Gasteiger partial charge in [-0.15, -0.1) is 0 Å². The zero-order valence-corrected chi connectivity index (χ0v) is 21.5. The summed E-state index contributed by atoms with van der Waals surface area (Å²) in [6.07, 6.45) is 1.34. The molecule has 8 nitrogen and oxygen atoms in total. The lowest BCUT2D eigenvalue weighted by Gasteiger charge is -2.32. The Morgan fingerprint density at radius 2 is 1.64 bits per heavy atom. The molecule has 0 radical (unpaired) electrons. The molecular weight excluding hydrogens is 490 g/mol. The first kappa shape index (κ1) is 25.8. The number of para-hydroxylation sites is 1. The van der Waals surface area contributed by atoms with E-state index in [1.54, 1.807) is 11.0 Å². The van der Waals surface area contributed by atoms with Crippen molar-refractivity contribution in [2.24, 2.45) is 5.73 Å². The van der Waals surface area contributed by atoms with Gasteiger partial charge in [-0.2, -0.15) is 0 Å². The third-order valence-electron chi connectivity index (χ3n) is 6.75. The van der Waals surface area contributed by atoms with Gasteiger partial charge in [-0.3, -0.25) is 10.4 Å². The lowest BCUT2D eigenvalue weighted by molar-refractivity contribution is 0.0856. The monoisotopic (exact) mass is 521 g/mol. The van der Waals surface area contributed by atoms with E-state index in [0.29, 0.717) is 35.8 Å². The number of pyridine rings is 1. The highest BCUT2D eigenvalue weighted by atomic mass is 16.6. The molecule has 0 aliphatic carbocycles. The van der Waals surface area contributed by atoms with Crippen LogP contribution in [0, 0.1) is 5.41 Å². The summed E-state index contributed by atoms with van der Waals surface area (Å²) in [5, 5.41) is 8.14. The Hall–Kier alpha value is -4.85. The van der Waals surface area contributed by atoms with Crippen molar-refractivity contribution in [3.63, 3.8) is 0 Å². The molecule has 5 N–H and O–H groups in total. The first-order chi connectivity index (χ1) is 19.0. The predicted molar refractivity (Wildman–Crippen MR) is 152 cm³/mol. The van der Waals surface area contributed by atoms with Crippen molar-refractivity contribution < 1.29 is 14.3 Å². The van der Waals surface area contributed by atoms with E-state index >= 15 is 0 Å². The molecule has 1 aliphatic rings. The van der Waals surface area contributed by atoms with Gasteiger partial charge in [0.25, 0.3) is 0 Å². The van der Waals surface area contributed by atoms with E-state index in [4.69, 9.17) is 31.3 Å². The van der Waals surface area contributed by atoms with Crippen LogP contribution in [-0.2, 0) is 11.3 Å². The molecule has 1 amide bonds. The number of likely N-dealkylation sites (tertiary alicyclic amines) is 1. The van der Waals surface area contributed by atoms with Crippen LogP contribution in [0.25, 0.3) is 11.3 Å². The molecule has 0 bridgehead atoms. The molecule has 0 spiro atoms. The summed E-state index contributed by atoms with van der Waals surface area (Å²) < 4.78 is 11.5. The van der Waals surface area contributed by atoms with Gasteiger partial charge in [0.1, 0.15) is 23.9 Å². The number of piperidine rings is 1. The molecular formula is C31H31N5O3. The Balaban J connectivity index is 1.35. The maximum absolute atomic E-state index is 12.8. The van der Waals surface area contributed by atoms with Gasteiger partial charge in [-0.05, 0) is 60.9 Å². The molecule has 0 saturated carbocycles. The minimum Gasteiger partial charge on any atom is -0.457 e. The molecule has 1 atom stereocenters. The molecule has 2 heterocycles. The summed E-state index contributed by atoms with van der Waals surface area (Å²) in [6.45, 7) is 1.33. The Morgan fingerprint density at radius 3 is 2.33 bits per heavy atom. The number of nitrogens with zero attached hydrogens (tertiary/aromatic N) is 2. The van der Waals surface area contributed by atoms with E-state index in [2.05, 4.69) is 0 Å². The Morgan fingerprint density at radius 1 is 0.974 bits per heavy atom. The number of carbonyl (C=O) groups is 1. The minimum atomic E-state index is -0.342. The summed E-state index contributed by atoms with van der Waals surface area (Å²) in [4.78, 5) is 19.5. The molecule has 1 saturated heterocycles. The largest absolute Gasteiger partial charge is 0.457 e. The van der Waals surface area contributed by atoms with Crippen LogP contribution < -0.4 is 16.2 Å². The van der Waals surface area contributed by atoms with Crippen molar-refractivity contribution in [1.29, 1.82) is 5.41 Å². The van der Waals surface area contributed by atoms with Gasteiger partial charge in [0.15, 0.2) is 0 Å². The van der Waals surface area contributed by atoms with Gasteiger partial charge >= 0.3 is 6.09 Å². The van der Waals surface area contributed by atoms with Crippen molar-refractivity contribution in [2.75, 3.05) is 18.8 Å². The fraction of sp³-hybridized carbons (Fsp3) is 0.194. The molecule has 5 rings (SSSR count). The Labute approximate surface area is 227 Å². The zero-order valence-electron chi connectivity index (χ0n) is 21.5. The normalized spacial score (nSPS) is 15.0. The highest BCUT2D eigenvalue weighted by Crippen LogP contribution is 2.34. The van der Waals surface area contributed by atoms with Crippen LogP contribution in [0.2, 0.25) is 0 Å². The van der Waals surface area contributed by atoms with Crippen LogP contribution in [0.5, 0.6) is 11.5 Å². The van der Waals surface area contributed by atoms with E-state index in [1.807, 2.05) is 84.9 Å². The fourth-order valence-corrected chi connectivity index (χ4v) is 4.79. The lowest BCUT2D eigenvalue weighted by Crippen LogP contribution is -2.39. The molecule has 198 valence electrons. The molecule has 8 heteroatoms. The third kappa shape index (κ3) is 6.18.